The Morgan fingerprint density at radius 1 is 1.15 bits per heavy atom. The summed E-state index contributed by atoms with van der Waals surface area (Å²) in [6.45, 7) is 0. The molecule has 0 radical (unpaired) electrons. The molecule has 6 heteroatoms. The SMILES string of the molecule is O=C(O)c1cc(Cl)c(Cl)cc1-c1nc2ccccc2s1. The van der Waals surface area contributed by atoms with E-state index in [2.05, 4.69) is 4.98 Å². The van der Waals surface area contributed by atoms with Crippen LogP contribution >= 0.6 is 34.5 Å². The smallest absolute Gasteiger partial charge is 0.336 e. The monoisotopic (exact) mass is 323 g/mol. The number of rotatable bonds is 2. The van der Waals surface area contributed by atoms with Crippen molar-refractivity contribution in [2.45, 2.75) is 0 Å². The molecule has 0 aliphatic carbocycles. The minimum atomic E-state index is -1.06. The Morgan fingerprint density at radius 2 is 1.85 bits per heavy atom. The molecule has 0 saturated heterocycles. The number of fused-ring (bicyclic) bond motifs is 1. The minimum absolute atomic E-state index is 0.0958. The predicted molar refractivity (Wildman–Crippen MR) is 82.0 cm³/mol. The average molecular weight is 324 g/mol. The van der Waals surface area contributed by atoms with Gasteiger partial charge in [-0.25, -0.2) is 9.78 Å². The second-order valence-corrected chi connectivity index (χ2v) is 5.95. The van der Waals surface area contributed by atoms with E-state index in [4.69, 9.17) is 23.2 Å². The first-order valence-corrected chi connectivity index (χ1v) is 7.22. The van der Waals surface area contributed by atoms with E-state index in [1.807, 2.05) is 24.3 Å². The van der Waals surface area contributed by atoms with E-state index in [0.29, 0.717) is 15.6 Å². The molecule has 3 nitrogen and oxygen atoms in total. The summed E-state index contributed by atoms with van der Waals surface area (Å²) in [5.41, 5.74) is 1.40. The number of aromatic nitrogens is 1. The Kier molecular flexibility index (Phi) is 3.38. The lowest BCUT2D eigenvalue weighted by atomic mass is 10.1. The first-order valence-electron chi connectivity index (χ1n) is 5.64. The molecule has 20 heavy (non-hydrogen) atoms. The van der Waals surface area contributed by atoms with Gasteiger partial charge in [0.05, 0.1) is 25.8 Å². The van der Waals surface area contributed by atoms with Crippen LogP contribution in [0.1, 0.15) is 10.4 Å². The normalized spacial score (nSPS) is 10.9. The molecule has 3 rings (SSSR count). The molecule has 0 saturated carbocycles. The van der Waals surface area contributed by atoms with Crippen molar-refractivity contribution < 1.29 is 9.90 Å². The van der Waals surface area contributed by atoms with Gasteiger partial charge in [-0.1, -0.05) is 35.3 Å². The Balaban J connectivity index is 2.27. The number of carboxylic acids is 1. The van der Waals surface area contributed by atoms with E-state index in [1.54, 1.807) is 6.07 Å². The molecule has 0 unspecified atom stereocenters. The molecule has 1 aromatic heterocycles. The van der Waals surface area contributed by atoms with E-state index in [-0.39, 0.29) is 10.6 Å². The second kappa shape index (κ2) is 5.05. The highest BCUT2D eigenvalue weighted by Crippen LogP contribution is 2.36. The lowest BCUT2D eigenvalue weighted by Gasteiger charge is -2.05. The van der Waals surface area contributed by atoms with Crippen molar-refractivity contribution in [3.63, 3.8) is 0 Å². The number of aromatic carboxylic acids is 1. The Labute approximate surface area is 128 Å². The van der Waals surface area contributed by atoms with Crippen LogP contribution in [0.3, 0.4) is 0 Å². The zero-order chi connectivity index (χ0) is 14.3. The van der Waals surface area contributed by atoms with E-state index in [0.717, 1.165) is 10.2 Å². The van der Waals surface area contributed by atoms with Crippen molar-refractivity contribution in [3.05, 3.63) is 52.0 Å². The van der Waals surface area contributed by atoms with Crippen molar-refractivity contribution in [1.82, 2.24) is 4.98 Å². The fraction of sp³-hybridized carbons (Fsp3) is 0. The average Bonchev–Trinajstić information content (AvgIpc) is 2.84. The molecule has 2 aromatic carbocycles. The van der Waals surface area contributed by atoms with Crippen LogP contribution in [-0.4, -0.2) is 16.1 Å². The van der Waals surface area contributed by atoms with Crippen LogP contribution in [0.5, 0.6) is 0 Å². The number of thiazole rings is 1. The number of hydrogen-bond acceptors (Lipinski definition) is 3. The number of halogens is 2. The minimum Gasteiger partial charge on any atom is -0.478 e. The van der Waals surface area contributed by atoms with Gasteiger partial charge in [-0.3, -0.25) is 0 Å². The summed E-state index contributed by atoms with van der Waals surface area (Å²) in [7, 11) is 0. The Bertz CT molecular complexity index is 796. The maximum Gasteiger partial charge on any atom is 0.336 e. The van der Waals surface area contributed by atoms with Crippen molar-refractivity contribution in [2.75, 3.05) is 0 Å². The maximum atomic E-state index is 11.3. The van der Waals surface area contributed by atoms with Crippen molar-refractivity contribution in [3.8, 4) is 10.6 Å². The number of nitrogens with zero attached hydrogens (tertiary/aromatic N) is 1. The molecule has 0 bridgehead atoms. The van der Waals surface area contributed by atoms with Gasteiger partial charge in [-0.15, -0.1) is 11.3 Å². The van der Waals surface area contributed by atoms with Gasteiger partial charge >= 0.3 is 5.97 Å². The molecule has 0 fully saturated rings. The third-order valence-electron chi connectivity index (χ3n) is 2.82. The summed E-state index contributed by atoms with van der Waals surface area (Å²) < 4.78 is 0.991. The lowest BCUT2D eigenvalue weighted by Crippen LogP contribution is -1.99. The van der Waals surface area contributed by atoms with Crippen LogP contribution in [-0.2, 0) is 0 Å². The first kappa shape index (κ1) is 13.4. The van der Waals surface area contributed by atoms with Gasteiger partial charge in [0.1, 0.15) is 5.01 Å². The summed E-state index contributed by atoms with van der Waals surface area (Å²) in [4.78, 5) is 15.8. The van der Waals surface area contributed by atoms with Crippen LogP contribution in [0.25, 0.3) is 20.8 Å². The van der Waals surface area contributed by atoms with Crippen molar-refractivity contribution in [2.24, 2.45) is 0 Å². The molecule has 3 aromatic rings. The summed E-state index contributed by atoms with van der Waals surface area (Å²) in [5, 5.41) is 10.4. The van der Waals surface area contributed by atoms with E-state index < -0.39 is 5.97 Å². The highest BCUT2D eigenvalue weighted by molar-refractivity contribution is 7.21. The molecule has 0 spiro atoms. The fourth-order valence-electron chi connectivity index (χ4n) is 1.89. The quantitative estimate of drug-likeness (QED) is 0.724. The molecule has 100 valence electrons. The van der Waals surface area contributed by atoms with Gasteiger partial charge in [0, 0.05) is 5.56 Å². The molecular weight excluding hydrogens is 317 g/mol. The molecule has 0 aliphatic rings. The topological polar surface area (TPSA) is 50.2 Å². The largest absolute Gasteiger partial charge is 0.478 e. The van der Waals surface area contributed by atoms with Gasteiger partial charge in [-0.05, 0) is 24.3 Å². The van der Waals surface area contributed by atoms with Crippen LogP contribution in [0.4, 0.5) is 0 Å². The standard InChI is InChI=1S/C14H7Cl2NO2S/c15-9-5-7(8(14(18)19)6-10(9)16)13-17-11-3-1-2-4-12(11)20-13/h1-6H,(H,18,19). The number of carbonyl (C=O) groups is 1. The Morgan fingerprint density at radius 3 is 2.55 bits per heavy atom. The number of carboxylic acid groups (broad SMARTS) is 1. The third kappa shape index (κ3) is 2.26. The van der Waals surface area contributed by atoms with Crippen molar-refractivity contribution >= 4 is 50.7 Å². The summed E-state index contributed by atoms with van der Waals surface area (Å²) in [5.74, 6) is -1.06. The maximum absolute atomic E-state index is 11.3. The zero-order valence-electron chi connectivity index (χ0n) is 9.93. The molecule has 1 N–H and O–H groups in total. The molecular formula is C14H7Cl2NO2S. The van der Waals surface area contributed by atoms with Gasteiger partial charge < -0.3 is 5.11 Å². The molecule has 1 heterocycles. The fourth-order valence-corrected chi connectivity index (χ4v) is 3.21. The summed E-state index contributed by atoms with van der Waals surface area (Å²) >= 11 is 13.3. The van der Waals surface area contributed by atoms with E-state index in [1.165, 1.54) is 17.4 Å². The van der Waals surface area contributed by atoms with Crippen molar-refractivity contribution in [1.29, 1.82) is 0 Å². The molecule has 0 atom stereocenters. The van der Waals surface area contributed by atoms with Crippen LogP contribution in [0.15, 0.2) is 36.4 Å². The Hall–Kier alpha value is -1.62. The highest BCUT2D eigenvalue weighted by atomic mass is 35.5. The van der Waals surface area contributed by atoms with Crippen LogP contribution in [0.2, 0.25) is 10.0 Å². The predicted octanol–water partition coefficient (Wildman–Crippen LogP) is 4.97. The lowest BCUT2D eigenvalue weighted by molar-refractivity contribution is 0.0697. The van der Waals surface area contributed by atoms with E-state index in [9.17, 15) is 9.90 Å². The van der Waals surface area contributed by atoms with Gasteiger partial charge in [0.2, 0.25) is 0 Å². The van der Waals surface area contributed by atoms with Gasteiger partial charge in [-0.2, -0.15) is 0 Å². The highest BCUT2D eigenvalue weighted by Gasteiger charge is 2.17. The number of benzene rings is 2. The summed E-state index contributed by atoms with van der Waals surface area (Å²) in [6.07, 6.45) is 0. The number of para-hydroxylation sites is 1. The van der Waals surface area contributed by atoms with Crippen LogP contribution in [0, 0.1) is 0 Å². The third-order valence-corrected chi connectivity index (χ3v) is 4.61. The summed E-state index contributed by atoms with van der Waals surface area (Å²) in [6, 6.07) is 10.5. The molecule has 0 amide bonds. The second-order valence-electron chi connectivity index (χ2n) is 4.10. The van der Waals surface area contributed by atoms with Gasteiger partial charge in [0.25, 0.3) is 0 Å². The zero-order valence-corrected chi connectivity index (χ0v) is 12.3. The van der Waals surface area contributed by atoms with E-state index >= 15 is 0 Å². The van der Waals surface area contributed by atoms with Crippen LogP contribution < -0.4 is 0 Å². The van der Waals surface area contributed by atoms with Gasteiger partial charge in [0.15, 0.2) is 0 Å². The molecule has 0 aliphatic heterocycles. The number of hydrogen-bond donors (Lipinski definition) is 1. The first-order chi connectivity index (χ1) is 9.56.